The van der Waals surface area contributed by atoms with Gasteiger partial charge in [0.1, 0.15) is 0 Å². The molecule has 0 heterocycles. The van der Waals surface area contributed by atoms with Crippen molar-refractivity contribution in [1.82, 2.24) is 0 Å². The van der Waals surface area contributed by atoms with Gasteiger partial charge in [-0.3, -0.25) is 4.79 Å². The number of rotatable bonds is 3. The maximum atomic E-state index is 10.1. The van der Waals surface area contributed by atoms with E-state index in [1.807, 2.05) is 0 Å². The highest BCUT2D eigenvalue weighted by atomic mass is 16.4. The summed E-state index contributed by atoms with van der Waals surface area (Å²) in [6, 6.07) is 0. The minimum absolute atomic E-state index is 0.270. The third-order valence-electron chi connectivity index (χ3n) is 0.919. The van der Waals surface area contributed by atoms with Gasteiger partial charge in [0.15, 0.2) is 0 Å². The molecule has 0 aliphatic carbocycles. The second kappa shape index (κ2) is 4.00. The van der Waals surface area contributed by atoms with E-state index in [1.165, 1.54) is 7.05 Å². The van der Waals surface area contributed by atoms with Gasteiger partial charge in [-0.2, -0.15) is 10.2 Å². The number of nitrogens with zero attached hydrogens (tertiary/aromatic N) is 2. The molecule has 0 rings (SSSR count). The van der Waals surface area contributed by atoms with E-state index in [0.29, 0.717) is 0 Å². The summed E-state index contributed by atoms with van der Waals surface area (Å²) in [5.41, 5.74) is 0. The molecule has 9 heavy (non-hydrogen) atoms. The molecule has 1 unspecified atom stereocenters. The van der Waals surface area contributed by atoms with Crippen LogP contribution in [0.15, 0.2) is 10.2 Å². The largest absolute Gasteiger partial charge is 0.481 e. The first kappa shape index (κ1) is 8.07. The van der Waals surface area contributed by atoms with Crippen molar-refractivity contribution in [2.75, 3.05) is 13.6 Å². The fourth-order valence-corrected chi connectivity index (χ4v) is 0.282. The van der Waals surface area contributed by atoms with Crippen LogP contribution in [0.2, 0.25) is 0 Å². The second-order valence-electron chi connectivity index (χ2n) is 1.76. The van der Waals surface area contributed by atoms with Crippen LogP contribution in [-0.4, -0.2) is 24.7 Å². The summed E-state index contributed by atoms with van der Waals surface area (Å²) in [7, 11) is 1.52. The summed E-state index contributed by atoms with van der Waals surface area (Å²) in [6.07, 6.45) is 0. The van der Waals surface area contributed by atoms with Crippen molar-refractivity contribution in [2.24, 2.45) is 16.1 Å². The van der Waals surface area contributed by atoms with Gasteiger partial charge in [0.25, 0.3) is 0 Å². The van der Waals surface area contributed by atoms with Gasteiger partial charge in [0, 0.05) is 7.05 Å². The smallest absolute Gasteiger partial charge is 0.308 e. The average molecular weight is 130 g/mol. The number of azo groups is 1. The van der Waals surface area contributed by atoms with Crippen LogP contribution < -0.4 is 0 Å². The normalized spacial score (nSPS) is 14.0. The zero-order valence-corrected chi connectivity index (χ0v) is 5.53. The van der Waals surface area contributed by atoms with Gasteiger partial charge >= 0.3 is 5.97 Å². The van der Waals surface area contributed by atoms with Gasteiger partial charge in [-0.25, -0.2) is 0 Å². The minimum Gasteiger partial charge on any atom is -0.481 e. The standard InChI is InChI=1S/C5H10N2O2/c1-4(5(8)9)3-7-6-2/h4H,3H2,1-2H3,(H,8,9). The lowest BCUT2D eigenvalue weighted by Gasteiger charge is -1.97. The van der Waals surface area contributed by atoms with Crippen molar-refractivity contribution >= 4 is 5.97 Å². The topological polar surface area (TPSA) is 62.0 Å². The number of carboxylic acids is 1. The van der Waals surface area contributed by atoms with Crippen molar-refractivity contribution in [3.8, 4) is 0 Å². The Morgan fingerprint density at radius 3 is 2.67 bits per heavy atom. The monoisotopic (exact) mass is 130 g/mol. The first-order valence-electron chi connectivity index (χ1n) is 2.67. The van der Waals surface area contributed by atoms with Crippen molar-refractivity contribution < 1.29 is 9.90 Å². The molecule has 0 aliphatic heterocycles. The maximum absolute atomic E-state index is 10.1. The fourth-order valence-electron chi connectivity index (χ4n) is 0.282. The molecule has 0 saturated heterocycles. The average Bonchev–Trinajstić information content (AvgIpc) is 1.82. The van der Waals surface area contributed by atoms with Crippen LogP contribution in [0.1, 0.15) is 6.92 Å². The Morgan fingerprint density at radius 1 is 1.78 bits per heavy atom. The lowest BCUT2D eigenvalue weighted by atomic mass is 10.2. The van der Waals surface area contributed by atoms with Crippen molar-refractivity contribution in [3.63, 3.8) is 0 Å². The Morgan fingerprint density at radius 2 is 2.33 bits per heavy atom. The van der Waals surface area contributed by atoms with Crippen molar-refractivity contribution in [1.29, 1.82) is 0 Å². The molecule has 1 atom stereocenters. The molecule has 0 spiro atoms. The van der Waals surface area contributed by atoms with E-state index >= 15 is 0 Å². The van der Waals surface area contributed by atoms with E-state index in [9.17, 15) is 4.79 Å². The summed E-state index contributed by atoms with van der Waals surface area (Å²) in [5, 5.41) is 15.3. The Balaban J connectivity index is 3.50. The molecule has 4 nitrogen and oxygen atoms in total. The van der Waals surface area contributed by atoms with Crippen LogP contribution in [0.4, 0.5) is 0 Å². The fraction of sp³-hybridized carbons (Fsp3) is 0.800. The molecular formula is C5H10N2O2. The quantitative estimate of drug-likeness (QED) is 0.574. The predicted octanol–water partition coefficient (Wildman–Crippen LogP) is 0.789. The molecule has 4 heteroatoms. The Hall–Kier alpha value is -0.930. The summed E-state index contributed by atoms with van der Waals surface area (Å²) in [5.74, 6) is -1.25. The highest BCUT2D eigenvalue weighted by molar-refractivity contribution is 5.69. The minimum atomic E-state index is -0.831. The van der Waals surface area contributed by atoms with E-state index in [4.69, 9.17) is 5.11 Å². The van der Waals surface area contributed by atoms with Gasteiger partial charge in [-0.15, -0.1) is 0 Å². The van der Waals surface area contributed by atoms with Crippen LogP contribution in [0.25, 0.3) is 0 Å². The molecular weight excluding hydrogens is 120 g/mol. The lowest BCUT2D eigenvalue weighted by Crippen LogP contribution is -2.11. The lowest BCUT2D eigenvalue weighted by molar-refractivity contribution is -0.140. The molecule has 0 amide bonds. The highest BCUT2D eigenvalue weighted by Gasteiger charge is 2.08. The van der Waals surface area contributed by atoms with Crippen LogP contribution in [0.3, 0.4) is 0 Å². The van der Waals surface area contributed by atoms with Gasteiger partial charge in [0.2, 0.25) is 0 Å². The van der Waals surface area contributed by atoms with E-state index in [2.05, 4.69) is 10.2 Å². The zero-order valence-electron chi connectivity index (χ0n) is 5.53. The number of aliphatic carboxylic acids is 1. The van der Waals surface area contributed by atoms with Gasteiger partial charge in [-0.05, 0) is 0 Å². The number of carbonyl (C=O) groups is 1. The molecule has 0 fully saturated rings. The SMILES string of the molecule is CN=NCC(C)C(=O)O. The molecule has 0 aromatic heterocycles. The third kappa shape index (κ3) is 3.64. The summed E-state index contributed by atoms with van der Waals surface area (Å²) in [6.45, 7) is 1.86. The first-order chi connectivity index (χ1) is 4.18. The van der Waals surface area contributed by atoms with Gasteiger partial charge in [-0.1, -0.05) is 6.92 Å². The maximum Gasteiger partial charge on any atom is 0.308 e. The van der Waals surface area contributed by atoms with Crippen LogP contribution in [-0.2, 0) is 4.79 Å². The van der Waals surface area contributed by atoms with E-state index in [0.717, 1.165) is 0 Å². The van der Waals surface area contributed by atoms with Crippen LogP contribution in [0.5, 0.6) is 0 Å². The van der Waals surface area contributed by atoms with E-state index in [1.54, 1.807) is 6.92 Å². The zero-order chi connectivity index (χ0) is 7.28. The van der Waals surface area contributed by atoms with Crippen LogP contribution >= 0.6 is 0 Å². The number of hydrogen-bond acceptors (Lipinski definition) is 3. The molecule has 52 valence electrons. The molecule has 1 N–H and O–H groups in total. The van der Waals surface area contributed by atoms with Gasteiger partial charge in [0.05, 0.1) is 12.5 Å². The highest BCUT2D eigenvalue weighted by Crippen LogP contribution is 1.94. The Labute approximate surface area is 53.6 Å². The molecule has 0 radical (unpaired) electrons. The number of hydrogen-bond donors (Lipinski definition) is 1. The number of carboxylic acid groups (broad SMARTS) is 1. The van der Waals surface area contributed by atoms with E-state index in [-0.39, 0.29) is 6.54 Å². The molecule has 0 aromatic carbocycles. The third-order valence-corrected chi connectivity index (χ3v) is 0.919. The second-order valence-corrected chi connectivity index (χ2v) is 1.76. The predicted molar refractivity (Wildman–Crippen MR) is 32.4 cm³/mol. The summed E-state index contributed by atoms with van der Waals surface area (Å²) < 4.78 is 0. The van der Waals surface area contributed by atoms with E-state index < -0.39 is 11.9 Å². The van der Waals surface area contributed by atoms with Crippen molar-refractivity contribution in [2.45, 2.75) is 6.92 Å². The summed E-state index contributed by atoms with van der Waals surface area (Å²) in [4.78, 5) is 10.1. The molecule has 0 aliphatic rings. The Bertz CT molecular complexity index is 122. The summed E-state index contributed by atoms with van der Waals surface area (Å²) >= 11 is 0. The first-order valence-corrected chi connectivity index (χ1v) is 2.67. The molecule has 0 bridgehead atoms. The Kier molecular flexibility index (Phi) is 3.59. The molecule has 0 saturated carbocycles. The van der Waals surface area contributed by atoms with Crippen molar-refractivity contribution in [3.05, 3.63) is 0 Å². The van der Waals surface area contributed by atoms with Crippen LogP contribution in [0, 0.1) is 5.92 Å². The molecule has 0 aromatic rings. The van der Waals surface area contributed by atoms with Gasteiger partial charge < -0.3 is 5.11 Å².